The number of anilines is 1. The van der Waals surface area contributed by atoms with Crippen LogP contribution in [0, 0.1) is 10.8 Å². The minimum Gasteiger partial charge on any atom is -0.396 e. The molecule has 23 heavy (non-hydrogen) atoms. The number of amides is 2. The van der Waals surface area contributed by atoms with Gasteiger partial charge in [-0.15, -0.1) is 0 Å². The van der Waals surface area contributed by atoms with Gasteiger partial charge < -0.3 is 15.7 Å². The lowest BCUT2D eigenvalue weighted by Gasteiger charge is -2.18. The molecule has 3 N–H and O–H groups in total. The number of aliphatic hydroxyl groups excluding tert-OH is 1. The van der Waals surface area contributed by atoms with E-state index in [9.17, 15) is 14.7 Å². The molecule has 1 aromatic heterocycles. The van der Waals surface area contributed by atoms with E-state index < -0.39 is 11.8 Å². The van der Waals surface area contributed by atoms with Crippen molar-refractivity contribution in [1.29, 1.82) is 0 Å². The van der Waals surface area contributed by atoms with Gasteiger partial charge in [-0.1, -0.05) is 13.8 Å². The van der Waals surface area contributed by atoms with Crippen molar-refractivity contribution < 1.29 is 14.7 Å². The zero-order chi connectivity index (χ0) is 16.8. The van der Waals surface area contributed by atoms with Crippen LogP contribution in [0.25, 0.3) is 0 Å². The summed E-state index contributed by atoms with van der Waals surface area (Å²) in [6.07, 6.45) is 4.70. The van der Waals surface area contributed by atoms with Crippen molar-refractivity contribution in [3.8, 4) is 0 Å². The third kappa shape index (κ3) is 2.97. The number of nitrogens with zero attached hydrogens (tertiary/aromatic N) is 2. The fourth-order valence-corrected chi connectivity index (χ4v) is 3.20. The van der Waals surface area contributed by atoms with Crippen LogP contribution in [0.5, 0.6) is 0 Å². The van der Waals surface area contributed by atoms with Crippen LogP contribution in [-0.2, 0) is 16.6 Å². The Morgan fingerprint density at radius 3 is 2.57 bits per heavy atom. The van der Waals surface area contributed by atoms with Gasteiger partial charge in [-0.2, -0.15) is 5.10 Å². The first-order chi connectivity index (χ1) is 10.8. The van der Waals surface area contributed by atoms with Crippen LogP contribution in [0.2, 0.25) is 0 Å². The van der Waals surface area contributed by atoms with Crippen LogP contribution < -0.4 is 10.6 Å². The average molecular weight is 320 g/mol. The average Bonchev–Trinajstić information content (AvgIpc) is 3.37. The van der Waals surface area contributed by atoms with Crippen LogP contribution in [0.4, 0.5) is 5.69 Å². The van der Waals surface area contributed by atoms with Crippen molar-refractivity contribution >= 4 is 17.5 Å². The highest BCUT2D eigenvalue weighted by molar-refractivity contribution is 6.39. The Bertz CT molecular complexity index is 648. The van der Waals surface area contributed by atoms with E-state index in [-0.39, 0.29) is 17.4 Å². The minimum absolute atomic E-state index is 0.00595. The molecule has 1 atom stereocenters. The zero-order valence-electron chi connectivity index (χ0n) is 13.8. The normalized spacial score (nSPS) is 25.0. The molecule has 2 amide bonds. The van der Waals surface area contributed by atoms with Gasteiger partial charge in [0.15, 0.2) is 0 Å². The van der Waals surface area contributed by atoms with Crippen molar-refractivity contribution in [3.05, 3.63) is 11.9 Å². The van der Waals surface area contributed by atoms with Gasteiger partial charge in [0.2, 0.25) is 0 Å². The maximum atomic E-state index is 12.1. The molecule has 1 heterocycles. The standard InChI is InChI=1S/C16H24N4O3/c1-15(2)7-16(15,9-21)8-17-13(22)14(23)18-11-6-20(3)19-12(11)10-4-5-10/h6,10,21H,4-5,7-9H2,1-3H3,(H,17,22)(H,18,23). The Kier molecular flexibility index (Phi) is 3.71. The van der Waals surface area contributed by atoms with Gasteiger partial charge in [0.05, 0.1) is 18.0 Å². The van der Waals surface area contributed by atoms with Crippen LogP contribution in [0.15, 0.2) is 6.20 Å². The molecule has 3 rings (SSSR count). The summed E-state index contributed by atoms with van der Waals surface area (Å²) in [5.74, 6) is -0.975. The van der Waals surface area contributed by atoms with E-state index in [2.05, 4.69) is 15.7 Å². The molecule has 0 saturated heterocycles. The van der Waals surface area contributed by atoms with Gasteiger partial charge in [-0.3, -0.25) is 14.3 Å². The molecule has 0 bridgehead atoms. The number of rotatable bonds is 5. The van der Waals surface area contributed by atoms with E-state index in [0.717, 1.165) is 25.0 Å². The van der Waals surface area contributed by atoms with E-state index in [1.54, 1.807) is 17.9 Å². The molecule has 1 unspecified atom stereocenters. The first-order valence-electron chi connectivity index (χ1n) is 8.02. The summed E-state index contributed by atoms with van der Waals surface area (Å²) in [6.45, 7) is 4.42. The molecule has 2 fully saturated rings. The lowest BCUT2D eigenvalue weighted by molar-refractivity contribution is -0.136. The zero-order valence-corrected chi connectivity index (χ0v) is 13.8. The topological polar surface area (TPSA) is 96.2 Å². The van der Waals surface area contributed by atoms with E-state index in [4.69, 9.17) is 0 Å². The lowest BCUT2D eigenvalue weighted by Crippen LogP contribution is -2.40. The molecular formula is C16H24N4O3. The number of carbonyl (C=O) groups excluding carboxylic acids is 2. The molecule has 0 aromatic carbocycles. The van der Waals surface area contributed by atoms with Crippen molar-refractivity contribution in [2.45, 2.75) is 39.0 Å². The third-order valence-corrected chi connectivity index (χ3v) is 5.26. The van der Waals surface area contributed by atoms with Gasteiger partial charge >= 0.3 is 11.8 Å². The molecule has 0 spiro atoms. The number of carbonyl (C=O) groups is 2. The van der Waals surface area contributed by atoms with Crippen molar-refractivity contribution in [3.63, 3.8) is 0 Å². The lowest BCUT2D eigenvalue weighted by atomic mass is 9.97. The molecule has 2 saturated carbocycles. The molecule has 0 aliphatic heterocycles. The SMILES string of the molecule is Cn1cc(NC(=O)C(=O)NCC2(CO)CC2(C)C)c(C2CC2)n1. The summed E-state index contributed by atoms with van der Waals surface area (Å²) in [6, 6.07) is 0. The second kappa shape index (κ2) is 5.33. The Labute approximate surface area is 135 Å². The molecule has 7 heteroatoms. The smallest absolute Gasteiger partial charge is 0.313 e. The molecule has 1 aromatic rings. The van der Waals surface area contributed by atoms with Gasteiger partial charge in [0.1, 0.15) is 0 Å². The Morgan fingerprint density at radius 2 is 2.04 bits per heavy atom. The number of aromatic nitrogens is 2. The Morgan fingerprint density at radius 1 is 1.39 bits per heavy atom. The van der Waals surface area contributed by atoms with Crippen molar-refractivity contribution in [2.24, 2.45) is 17.9 Å². The first kappa shape index (κ1) is 16.0. The number of aliphatic hydroxyl groups is 1. The number of nitrogens with one attached hydrogen (secondary N) is 2. The van der Waals surface area contributed by atoms with E-state index >= 15 is 0 Å². The molecule has 0 radical (unpaired) electrons. The summed E-state index contributed by atoms with van der Waals surface area (Å²) in [5, 5.41) is 19.2. The van der Waals surface area contributed by atoms with Crippen molar-refractivity contribution in [2.75, 3.05) is 18.5 Å². The maximum absolute atomic E-state index is 12.1. The molecule has 2 aliphatic rings. The molecule has 2 aliphatic carbocycles. The summed E-state index contributed by atoms with van der Waals surface area (Å²) in [7, 11) is 1.79. The third-order valence-electron chi connectivity index (χ3n) is 5.26. The van der Waals surface area contributed by atoms with E-state index in [0.29, 0.717) is 18.2 Å². The van der Waals surface area contributed by atoms with Crippen molar-refractivity contribution in [1.82, 2.24) is 15.1 Å². The fraction of sp³-hybridized carbons (Fsp3) is 0.688. The number of hydrogen-bond acceptors (Lipinski definition) is 4. The molecular weight excluding hydrogens is 296 g/mol. The highest BCUT2D eigenvalue weighted by atomic mass is 16.3. The summed E-state index contributed by atoms with van der Waals surface area (Å²) in [5.41, 5.74) is 1.15. The summed E-state index contributed by atoms with van der Waals surface area (Å²) >= 11 is 0. The predicted molar refractivity (Wildman–Crippen MR) is 84.7 cm³/mol. The highest BCUT2D eigenvalue weighted by Crippen LogP contribution is 2.62. The van der Waals surface area contributed by atoms with Gasteiger partial charge in [-0.05, 0) is 24.7 Å². The first-order valence-corrected chi connectivity index (χ1v) is 8.02. The number of hydrogen-bond donors (Lipinski definition) is 3. The highest BCUT2D eigenvalue weighted by Gasteiger charge is 2.60. The predicted octanol–water partition coefficient (Wildman–Crippen LogP) is 0.761. The van der Waals surface area contributed by atoms with Gasteiger partial charge in [-0.25, -0.2) is 0 Å². The quantitative estimate of drug-likeness (QED) is 0.698. The van der Waals surface area contributed by atoms with Crippen LogP contribution in [0.1, 0.15) is 44.7 Å². The van der Waals surface area contributed by atoms with Crippen LogP contribution >= 0.6 is 0 Å². The summed E-state index contributed by atoms with van der Waals surface area (Å²) in [4.78, 5) is 24.1. The summed E-state index contributed by atoms with van der Waals surface area (Å²) < 4.78 is 1.65. The largest absolute Gasteiger partial charge is 0.396 e. The maximum Gasteiger partial charge on any atom is 0.313 e. The van der Waals surface area contributed by atoms with E-state index in [1.807, 2.05) is 13.8 Å². The second-order valence-corrected chi connectivity index (χ2v) is 7.51. The number of aryl methyl sites for hydroxylation is 1. The van der Waals surface area contributed by atoms with E-state index in [1.165, 1.54) is 0 Å². The van der Waals surface area contributed by atoms with Gasteiger partial charge in [0.25, 0.3) is 0 Å². The second-order valence-electron chi connectivity index (χ2n) is 7.51. The fourth-order valence-electron chi connectivity index (χ4n) is 3.20. The molecule has 126 valence electrons. The monoisotopic (exact) mass is 320 g/mol. The molecule has 7 nitrogen and oxygen atoms in total. The Hall–Kier alpha value is -1.89. The van der Waals surface area contributed by atoms with Crippen LogP contribution in [-0.4, -0.2) is 39.9 Å². The Balaban J connectivity index is 1.57. The minimum atomic E-state index is -0.688. The van der Waals surface area contributed by atoms with Gasteiger partial charge in [0, 0.05) is 31.1 Å². The van der Waals surface area contributed by atoms with Crippen LogP contribution in [0.3, 0.4) is 0 Å².